The van der Waals surface area contributed by atoms with Gasteiger partial charge in [-0.25, -0.2) is 9.97 Å². The van der Waals surface area contributed by atoms with Crippen molar-refractivity contribution < 1.29 is 0 Å². The lowest BCUT2D eigenvalue weighted by Crippen LogP contribution is -2.01. The van der Waals surface area contributed by atoms with Crippen LogP contribution in [0.3, 0.4) is 0 Å². The number of rotatable bonds is 6. The van der Waals surface area contributed by atoms with E-state index in [1.165, 1.54) is 10.8 Å². The van der Waals surface area contributed by atoms with Crippen LogP contribution >= 0.6 is 0 Å². The zero-order chi connectivity index (χ0) is 43.0. The van der Waals surface area contributed by atoms with Crippen LogP contribution in [0.4, 0.5) is 0 Å². The lowest BCUT2D eigenvalue weighted by molar-refractivity contribution is 1.15. The fourth-order valence-corrected chi connectivity index (χ4v) is 10.1. The molecule has 0 aliphatic rings. The monoisotopic (exact) mass is 828 g/mol. The van der Waals surface area contributed by atoms with E-state index in [2.05, 4.69) is 190 Å². The van der Waals surface area contributed by atoms with E-state index in [-0.39, 0.29) is 0 Å². The van der Waals surface area contributed by atoms with Gasteiger partial charge in [-0.2, -0.15) is 5.26 Å². The number of aromatic nitrogens is 5. The molecule has 0 bridgehead atoms. The molecule has 9 aromatic carbocycles. The highest BCUT2D eigenvalue weighted by molar-refractivity contribution is 6.40. The Labute approximate surface area is 373 Å². The van der Waals surface area contributed by atoms with Gasteiger partial charge in [0.15, 0.2) is 5.82 Å². The Hall–Kier alpha value is -9.05. The Balaban J connectivity index is 1.19. The minimum absolute atomic E-state index is 0.517. The smallest absolute Gasteiger partial charge is 0.160 e. The Morgan fingerprint density at radius 1 is 0.354 bits per heavy atom. The molecule has 302 valence electrons. The van der Waals surface area contributed by atoms with Crippen molar-refractivity contribution in [2.24, 2.45) is 0 Å². The third-order valence-electron chi connectivity index (χ3n) is 12.8. The van der Waals surface area contributed by atoms with E-state index in [0.717, 1.165) is 99.8 Å². The Bertz CT molecular complexity index is 3920. The molecule has 0 atom stereocenters. The number of benzene rings is 9. The Morgan fingerprint density at radius 3 is 1.18 bits per heavy atom. The largest absolute Gasteiger partial charge is 0.308 e. The summed E-state index contributed by atoms with van der Waals surface area (Å²) in [7, 11) is 0. The first-order valence-electron chi connectivity index (χ1n) is 21.8. The Morgan fingerprint density at radius 2 is 0.738 bits per heavy atom. The van der Waals surface area contributed by atoms with Crippen LogP contribution in [-0.4, -0.2) is 23.7 Å². The molecule has 4 heterocycles. The molecule has 65 heavy (non-hydrogen) atoms. The van der Waals surface area contributed by atoms with Gasteiger partial charge in [0.05, 0.1) is 55.7 Å². The summed E-state index contributed by atoms with van der Waals surface area (Å²) in [6.07, 6.45) is 0. The maximum atomic E-state index is 11.3. The molecule has 0 saturated carbocycles. The molecule has 0 aliphatic carbocycles. The first-order valence-corrected chi connectivity index (χ1v) is 21.8. The van der Waals surface area contributed by atoms with Crippen LogP contribution in [0, 0.1) is 11.3 Å². The average molecular weight is 829 g/mol. The second-order valence-electron chi connectivity index (χ2n) is 16.4. The van der Waals surface area contributed by atoms with Crippen molar-refractivity contribution >= 4 is 65.4 Å². The molecule has 0 unspecified atom stereocenters. The minimum atomic E-state index is 0.517. The number of hydrogen-bond donors (Lipinski definition) is 0. The summed E-state index contributed by atoms with van der Waals surface area (Å²) in [6.45, 7) is 0. The molecule has 13 aromatic rings. The minimum Gasteiger partial charge on any atom is -0.308 e. The number of nitriles is 1. The summed E-state index contributed by atoms with van der Waals surface area (Å²) >= 11 is 0. The van der Waals surface area contributed by atoms with Gasteiger partial charge >= 0.3 is 0 Å². The quantitative estimate of drug-likeness (QED) is 0.168. The lowest BCUT2D eigenvalue weighted by Gasteiger charge is -2.15. The van der Waals surface area contributed by atoms with Gasteiger partial charge in [-0.3, -0.25) is 0 Å². The summed E-state index contributed by atoms with van der Waals surface area (Å²) < 4.78 is 7.21. The van der Waals surface area contributed by atoms with Crippen molar-refractivity contribution in [3.8, 4) is 57.0 Å². The molecule has 0 N–H and O–H groups in total. The second kappa shape index (κ2) is 14.5. The van der Waals surface area contributed by atoms with E-state index in [4.69, 9.17) is 9.97 Å². The van der Waals surface area contributed by atoms with Gasteiger partial charge in [-0.1, -0.05) is 152 Å². The molecular formula is C59H36N6. The molecule has 0 spiro atoms. The van der Waals surface area contributed by atoms with Crippen molar-refractivity contribution in [2.75, 3.05) is 0 Å². The van der Waals surface area contributed by atoms with Crippen LogP contribution < -0.4 is 0 Å². The summed E-state index contributed by atoms with van der Waals surface area (Å²) in [5.41, 5.74) is 14.3. The molecule has 6 heteroatoms. The van der Waals surface area contributed by atoms with Crippen molar-refractivity contribution in [1.82, 2.24) is 23.7 Å². The number of fused-ring (bicyclic) bond motifs is 12. The van der Waals surface area contributed by atoms with Crippen molar-refractivity contribution in [1.29, 1.82) is 5.26 Å². The highest BCUT2D eigenvalue weighted by atomic mass is 15.0. The molecule has 0 amide bonds. The first-order chi connectivity index (χ1) is 32.2. The van der Waals surface area contributed by atoms with E-state index in [0.29, 0.717) is 11.4 Å². The Kier molecular flexibility index (Phi) is 8.17. The average Bonchev–Trinajstić information content (AvgIpc) is 4.03. The van der Waals surface area contributed by atoms with Crippen LogP contribution in [0.5, 0.6) is 0 Å². The van der Waals surface area contributed by atoms with Crippen LogP contribution in [0.1, 0.15) is 5.56 Å². The molecule has 13 rings (SSSR count). The van der Waals surface area contributed by atoms with Gasteiger partial charge in [-0.15, -0.1) is 0 Å². The molecule has 0 aliphatic heterocycles. The highest BCUT2D eigenvalue weighted by Gasteiger charge is 2.29. The topological polar surface area (TPSA) is 64.4 Å². The van der Waals surface area contributed by atoms with E-state index in [1.807, 2.05) is 48.5 Å². The predicted octanol–water partition coefficient (Wildman–Crippen LogP) is 14.6. The fraction of sp³-hybridized carbons (Fsp3) is 0. The van der Waals surface area contributed by atoms with Crippen molar-refractivity contribution in [3.05, 3.63) is 224 Å². The van der Waals surface area contributed by atoms with Crippen LogP contribution in [0.2, 0.25) is 0 Å². The van der Waals surface area contributed by atoms with Crippen LogP contribution in [0.25, 0.3) is 116 Å². The van der Waals surface area contributed by atoms with E-state index in [1.54, 1.807) is 0 Å². The van der Waals surface area contributed by atoms with Crippen LogP contribution in [0.15, 0.2) is 218 Å². The first kappa shape index (κ1) is 36.6. The van der Waals surface area contributed by atoms with Gasteiger partial charge in [-0.05, 0) is 66.7 Å². The molecule has 0 radical (unpaired) electrons. The normalized spacial score (nSPS) is 11.7. The summed E-state index contributed by atoms with van der Waals surface area (Å²) in [6, 6.07) is 78.7. The molecule has 0 saturated heterocycles. The van der Waals surface area contributed by atoms with Crippen molar-refractivity contribution in [2.45, 2.75) is 0 Å². The van der Waals surface area contributed by atoms with E-state index >= 15 is 0 Å². The van der Waals surface area contributed by atoms with Gasteiger partial charge in [0.2, 0.25) is 0 Å². The lowest BCUT2D eigenvalue weighted by atomic mass is 10.0. The van der Waals surface area contributed by atoms with Crippen molar-refractivity contribution in [3.63, 3.8) is 0 Å². The van der Waals surface area contributed by atoms with Gasteiger partial charge in [0.25, 0.3) is 0 Å². The molecule has 4 aromatic heterocycles. The fourth-order valence-electron chi connectivity index (χ4n) is 10.1. The van der Waals surface area contributed by atoms with E-state index in [9.17, 15) is 5.26 Å². The second-order valence-corrected chi connectivity index (χ2v) is 16.4. The summed E-state index contributed by atoms with van der Waals surface area (Å²) in [5.74, 6) is 0.554. The summed E-state index contributed by atoms with van der Waals surface area (Å²) in [5, 5.41) is 18.1. The third-order valence-corrected chi connectivity index (χ3v) is 12.8. The predicted molar refractivity (Wildman–Crippen MR) is 266 cm³/mol. The number of para-hydroxylation sites is 5. The zero-order valence-electron chi connectivity index (χ0n) is 35.0. The molecule has 6 nitrogen and oxygen atoms in total. The maximum absolute atomic E-state index is 11.3. The van der Waals surface area contributed by atoms with Gasteiger partial charge in [0.1, 0.15) is 6.07 Å². The van der Waals surface area contributed by atoms with E-state index < -0.39 is 0 Å². The maximum Gasteiger partial charge on any atom is 0.160 e. The van der Waals surface area contributed by atoms with Crippen LogP contribution in [-0.2, 0) is 0 Å². The van der Waals surface area contributed by atoms with Gasteiger partial charge < -0.3 is 13.7 Å². The third kappa shape index (κ3) is 5.53. The molecule has 0 fully saturated rings. The highest BCUT2D eigenvalue weighted by Crippen LogP contribution is 2.50. The number of hydrogen-bond acceptors (Lipinski definition) is 3. The summed E-state index contributed by atoms with van der Waals surface area (Å²) in [4.78, 5) is 10.3. The standard InChI is InChI=1S/C59H36N6/c60-37-41-35-40(59-61-47(38-19-5-1-6-20-38)36-48(62-59)39-21-7-2-8-22-39)33-34-49(41)65-52-32-18-15-29-46(52)55-57-53(44-27-13-16-30-50(44)63(57)42-23-9-3-10-24-42)56-54(58(55)65)45-28-14-17-31-51(45)64(56)43-25-11-4-12-26-43/h1-36H. The zero-order valence-corrected chi connectivity index (χ0v) is 35.0. The molecular weight excluding hydrogens is 793 g/mol. The SMILES string of the molecule is N#Cc1cc(-c2nc(-c3ccccc3)cc(-c3ccccc3)n2)ccc1-n1c2ccccc2c2c3c(c4ccccc4n3-c3ccccc3)c3c(c4ccccc4n3-c3ccccc3)c21. The number of nitrogens with zero attached hydrogens (tertiary/aromatic N) is 6. The van der Waals surface area contributed by atoms with Gasteiger partial charge in [0, 0.05) is 60.4 Å².